The maximum Gasteiger partial charge on any atom is 0.161 e. The highest BCUT2D eigenvalue weighted by molar-refractivity contribution is 6.06. The average Bonchev–Trinajstić information content (AvgIpc) is 2.71. The molecule has 1 N–H and O–H groups in total. The van der Waals surface area contributed by atoms with E-state index in [1.807, 2.05) is 13.1 Å². The smallest absolute Gasteiger partial charge is 0.161 e. The number of allylic oxidation sites excluding steroid dienone is 5. The standard InChI is InChI=1S/C24H27NO4/c1-4-7-14-12-15(13-20(29-3)24(14)28)21-22-16(8-5-10-18(22)26)25(2)17-9-6-11-19(27)23(17)21/h4,12-13,21,28H,1,5-11H2,2-3H3. The maximum atomic E-state index is 13.1. The van der Waals surface area contributed by atoms with Crippen LogP contribution in [-0.4, -0.2) is 35.7 Å². The van der Waals surface area contributed by atoms with E-state index in [1.54, 1.807) is 12.1 Å². The van der Waals surface area contributed by atoms with Crippen LogP contribution in [0.5, 0.6) is 11.5 Å². The van der Waals surface area contributed by atoms with Crippen LogP contribution in [0.2, 0.25) is 0 Å². The highest BCUT2D eigenvalue weighted by atomic mass is 16.5. The van der Waals surface area contributed by atoms with Crippen LogP contribution < -0.4 is 4.74 Å². The Morgan fingerprint density at radius 2 is 1.69 bits per heavy atom. The molecule has 0 saturated carbocycles. The van der Waals surface area contributed by atoms with E-state index >= 15 is 0 Å². The number of carbonyl (C=O) groups is 2. The zero-order valence-corrected chi connectivity index (χ0v) is 17.1. The number of hydrogen-bond donors (Lipinski definition) is 1. The van der Waals surface area contributed by atoms with Crippen LogP contribution in [0.3, 0.4) is 0 Å². The summed E-state index contributed by atoms with van der Waals surface area (Å²) in [4.78, 5) is 28.2. The Bertz CT molecular complexity index is 925. The first kappa shape index (κ1) is 19.5. The van der Waals surface area contributed by atoms with Crippen LogP contribution >= 0.6 is 0 Å². The fourth-order valence-electron chi connectivity index (χ4n) is 5.01. The van der Waals surface area contributed by atoms with Crippen molar-refractivity contribution < 1.29 is 19.4 Å². The zero-order valence-electron chi connectivity index (χ0n) is 17.1. The SMILES string of the molecule is C=CCc1cc(C2C3=C(CCCC3=O)N(C)C3=C2C(=O)CCC3)cc(OC)c1O. The number of nitrogens with zero attached hydrogens (tertiary/aromatic N) is 1. The van der Waals surface area contributed by atoms with Gasteiger partial charge in [0, 0.05) is 53.9 Å². The van der Waals surface area contributed by atoms with Crippen molar-refractivity contribution in [2.75, 3.05) is 14.2 Å². The van der Waals surface area contributed by atoms with Crippen molar-refractivity contribution in [3.63, 3.8) is 0 Å². The molecule has 0 aromatic heterocycles. The van der Waals surface area contributed by atoms with Gasteiger partial charge in [0.1, 0.15) is 0 Å². The molecule has 5 nitrogen and oxygen atoms in total. The van der Waals surface area contributed by atoms with Gasteiger partial charge in [-0.15, -0.1) is 6.58 Å². The monoisotopic (exact) mass is 393 g/mol. The molecular formula is C24H27NO4. The van der Waals surface area contributed by atoms with Gasteiger partial charge in [0.25, 0.3) is 0 Å². The summed E-state index contributed by atoms with van der Waals surface area (Å²) < 4.78 is 5.41. The number of rotatable bonds is 4. The number of hydrogen-bond acceptors (Lipinski definition) is 5. The number of aromatic hydroxyl groups is 1. The Morgan fingerprint density at radius 3 is 2.21 bits per heavy atom. The van der Waals surface area contributed by atoms with Crippen molar-refractivity contribution in [1.82, 2.24) is 4.90 Å². The minimum Gasteiger partial charge on any atom is -0.504 e. The van der Waals surface area contributed by atoms with E-state index in [2.05, 4.69) is 11.5 Å². The second-order valence-electron chi connectivity index (χ2n) is 7.99. The molecule has 1 aromatic rings. The molecule has 1 heterocycles. The third-order valence-corrected chi connectivity index (χ3v) is 6.34. The van der Waals surface area contributed by atoms with Crippen molar-refractivity contribution >= 4 is 11.6 Å². The number of phenolic OH excluding ortho intramolecular Hbond substituents is 1. The number of Topliss-reactive ketones (excluding diaryl/α,β-unsaturated/α-hetero) is 2. The van der Waals surface area contributed by atoms with Crippen molar-refractivity contribution in [1.29, 1.82) is 0 Å². The summed E-state index contributed by atoms with van der Waals surface area (Å²) in [5, 5.41) is 10.5. The van der Waals surface area contributed by atoms with Crippen LogP contribution in [0.15, 0.2) is 47.3 Å². The minimum atomic E-state index is -0.394. The highest BCUT2D eigenvalue weighted by Crippen LogP contribution is 2.49. The average molecular weight is 393 g/mol. The highest BCUT2D eigenvalue weighted by Gasteiger charge is 2.42. The van der Waals surface area contributed by atoms with Crippen molar-refractivity contribution in [2.45, 2.75) is 50.9 Å². The summed E-state index contributed by atoms with van der Waals surface area (Å²) in [6.07, 6.45) is 6.57. The summed E-state index contributed by atoms with van der Waals surface area (Å²) in [5.74, 6) is 0.275. The van der Waals surface area contributed by atoms with E-state index in [-0.39, 0.29) is 17.3 Å². The van der Waals surface area contributed by atoms with Gasteiger partial charge in [-0.05, 0) is 43.7 Å². The fourth-order valence-corrected chi connectivity index (χ4v) is 5.01. The first-order chi connectivity index (χ1) is 14.0. The van der Waals surface area contributed by atoms with Gasteiger partial charge < -0.3 is 14.7 Å². The third-order valence-electron chi connectivity index (χ3n) is 6.34. The molecule has 4 rings (SSSR count). The molecule has 0 atom stereocenters. The lowest BCUT2D eigenvalue weighted by molar-refractivity contribution is -0.117. The number of ketones is 2. The van der Waals surface area contributed by atoms with Gasteiger partial charge in [0.05, 0.1) is 7.11 Å². The second kappa shape index (κ2) is 7.54. The van der Waals surface area contributed by atoms with Gasteiger partial charge in [-0.1, -0.05) is 12.1 Å². The lowest BCUT2D eigenvalue weighted by atomic mass is 9.71. The molecule has 0 unspecified atom stereocenters. The molecule has 5 heteroatoms. The quantitative estimate of drug-likeness (QED) is 0.778. The van der Waals surface area contributed by atoms with E-state index in [0.29, 0.717) is 30.6 Å². The van der Waals surface area contributed by atoms with Gasteiger partial charge in [-0.2, -0.15) is 0 Å². The Hall–Kier alpha value is -2.82. The predicted octanol–water partition coefficient (Wildman–Crippen LogP) is 4.17. The first-order valence-electron chi connectivity index (χ1n) is 10.2. The minimum absolute atomic E-state index is 0.0809. The Morgan fingerprint density at radius 1 is 1.10 bits per heavy atom. The Balaban J connectivity index is 1.98. The molecule has 0 radical (unpaired) electrons. The predicted molar refractivity (Wildman–Crippen MR) is 111 cm³/mol. The van der Waals surface area contributed by atoms with Crippen molar-refractivity contribution in [3.8, 4) is 11.5 Å². The van der Waals surface area contributed by atoms with Gasteiger partial charge >= 0.3 is 0 Å². The molecule has 0 bridgehead atoms. The second-order valence-corrected chi connectivity index (χ2v) is 7.99. The topological polar surface area (TPSA) is 66.8 Å². The lowest BCUT2D eigenvalue weighted by Gasteiger charge is -2.42. The maximum absolute atomic E-state index is 13.1. The number of carbonyl (C=O) groups excluding carboxylic acids is 2. The Labute approximate surface area is 171 Å². The molecule has 1 aliphatic heterocycles. The van der Waals surface area contributed by atoms with Gasteiger partial charge in [-0.25, -0.2) is 0 Å². The van der Waals surface area contributed by atoms with E-state index in [9.17, 15) is 14.7 Å². The molecular weight excluding hydrogens is 366 g/mol. The molecule has 0 spiro atoms. The number of phenols is 1. The fraction of sp³-hybridized carbons (Fsp3) is 0.417. The summed E-state index contributed by atoms with van der Waals surface area (Å²) in [5.41, 5.74) is 5.07. The number of benzene rings is 1. The summed E-state index contributed by atoms with van der Waals surface area (Å²) >= 11 is 0. The van der Waals surface area contributed by atoms with E-state index in [0.717, 1.165) is 53.8 Å². The molecule has 3 aliphatic rings. The molecule has 152 valence electrons. The molecule has 0 fully saturated rings. The molecule has 0 amide bonds. The third kappa shape index (κ3) is 3.09. The number of methoxy groups -OCH3 is 1. The van der Waals surface area contributed by atoms with E-state index in [1.165, 1.54) is 7.11 Å². The van der Waals surface area contributed by atoms with Crippen LogP contribution in [0, 0.1) is 0 Å². The number of ether oxygens (including phenoxy) is 1. The van der Waals surface area contributed by atoms with Gasteiger partial charge in [0.2, 0.25) is 0 Å². The summed E-state index contributed by atoms with van der Waals surface area (Å²) in [6, 6.07) is 3.67. The van der Waals surface area contributed by atoms with Crippen LogP contribution in [0.4, 0.5) is 0 Å². The largest absolute Gasteiger partial charge is 0.504 e. The summed E-state index contributed by atoms with van der Waals surface area (Å²) in [7, 11) is 3.50. The molecule has 1 aromatic carbocycles. The van der Waals surface area contributed by atoms with Gasteiger partial charge in [0.15, 0.2) is 23.1 Å². The summed E-state index contributed by atoms with van der Waals surface area (Å²) in [6.45, 7) is 3.77. The van der Waals surface area contributed by atoms with Crippen LogP contribution in [0.1, 0.15) is 55.6 Å². The van der Waals surface area contributed by atoms with Crippen molar-refractivity contribution in [3.05, 3.63) is 58.5 Å². The normalized spacial score (nSPS) is 20.0. The van der Waals surface area contributed by atoms with Gasteiger partial charge in [-0.3, -0.25) is 9.59 Å². The molecule has 0 saturated heterocycles. The van der Waals surface area contributed by atoms with E-state index < -0.39 is 5.92 Å². The first-order valence-corrected chi connectivity index (χ1v) is 10.2. The molecule has 2 aliphatic carbocycles. The zero-order chi connectivity index (χ0) is 20.7. The Kier molecular flexibility index (Phi) is 5.07. The van der Waals surface area contributed by atoms with Crippen LogP contribution in [-0.2, 0) is 16.0 Å². The van der Waals surface area contributed by atoms with Crippen molar-refractivity contribution in [2.24, 2.45) is 0 Å². The lowest BCUT2D eigenvalue weighted by Crippen LogP contribution is -2.37. The van der Waals surface area contributed by atoms with Crippen LogP contribution in [0.25, 0.3) is 0 Å². The molecule has 29 heavy (non-hydrogen) atoms. The van der Waals surface area contributed by atoms with E-state index in [4.69, 9.17) is 4.74 Å².